The zero-order valence-corrected chi connectivity index (χ0v) is 21.1. The Kier molecular flexibility index (Phi) is 17.5. The Balaban J connectivity index is -0.000000581. The first-order chi connectivity index (χ1) is 12.6. The maximum Gasteiger partial charge on any atom is 1.00 e. The first-order valence-corrected chi connectivity index (χ1v) is 10.3. The molecule has 1 aromatic heterocycles. The average Bonchev–Trinajstić information content (AvgIpc) is 3.07. The number of hydrogen-bond acceptors (Lipinski definition) is 4. The summed E-state index contributed by atoms with van der Waals surface area (Å²) < 4.78 is 2.21. The second-order valence-corrected chi connectivity index (χ2v) is 8.59. The number of carboxylic acid groups (broad SMARTS) is 1. The summed E-state index contributed by atoms with van der Waals surface area (Å²) in [5.41, 5.74) is -0.780. The number of hydrogen-bond donors (Lipinski definition) is 1. The largest absolute Gasteiger partial charge is 1.00 e. The smallest absolute Gasteiger partial charge is 1.00 e. The number of aliphatic carboxylic acids is 1. The van der Waals surface area contributed by atoms with Crippen molar-refractivity contribution in [2.75, 3.05) is 27.7 Å². The molecule has 0 saturated heterocycles. The minimum Gasteiger partial charge on any atom is -1.00 e. The van der Waals surface area contributed by atoms with Crippen molar-refractivity contribution in [2.24, 2.45) is 0 Å². The van der Waals surface area contributed by atoms with Crippen LogP contribution in [0, 0.1) is 0 Å². The number of imidazole rings is 1. The molecule has 1 atom stereocenters. The summed E-state index contributed by atoms with van der Waals surface area (Å²) in [6.45, 7) is 4.19. The summed E-state index contributed by atoms with van der Waals surface area (Å²) in [7, 11) is 5.40. The molecule has 1 aromatic rings. The maximum atomic E-state index is 10.3. The van der Waals surface area contributed by atoms with Crippen molar-refractivity contribution in [1.82, 2.24) is 9.55 Å². The average molecular weight is 408 g/mol. The Labute approximate surface area is 195 Å². The molecule has 0 radical (unpaired) electrons. The molecule has 0 aromatic carbocycles. The van der Waals surface area contributed by atoms with Crippen molar-refractivity contribution in [1.29, 1.82) is 0 Å². The summed E-state index contributed by atoms with van der Waals surface area (Å²) in [6, 6.07) is 0. The molecule has 160 valence electrons. The number of unbranched alkanes of at least 4 members (excludes halogenated alkanes) is 8. The number of aromatic nitrogens is 2. The molecule has 0 aliphatic carbocycles. The van der Waals surface area contributed by atoms with Gasteiger partial charge in [-0.15, -0.1) is 0 Å². The van der Waals surface area contributed by atoms with Crippen LogP contribution < -0.4 is 34.7 Å². The van der Waals surface area contributed by atoms with E-state index in [0.717, 1.165) is 12.8 Å². The second kappa shape index (κ2) is 16.4. The van der Waals surface area contributed by atoms with E-state index in [2.05, 4.69) is 11.9 Å². The van der Waals surface area contributed by atoms with Gasteiger partial charge in [0.05, 0.1) is 33.4 Å². The van der Waals surface area contributed by atoms with Crippen LogP contribution in [-0.4, -0.2) is 52.8 Å². The number of carbonyl (C=O) groups excluding carboxylic acids is 1. The Hall–Kier alpha value is -0.400. The number of carboxylic acids is 1. The third-order valence-electron chi connectivity index (χ3n) is 4.42. The van der Waals surface area contributed by atoms with E-state index in [9.17, 15) is 15.0 Å². The van der Waals surface area contributed by atoms with Crippen molar-refractivity contribution >= 4 is 5.97 Å². The van der Waals surface area contributed by atoms with Gasteiger partial charge in [-0.2, -0.15) is 0 Å². The fraction of sp³-hybridized carbons (Fsp3) is 0.810. The zero-order chi connectivity index (χ0) is 20.8. The molecule has 0 aliphatic rings. The van der Waals surface area contributed by atoms with Crippen LogP contribution in [0.25, 0.3) is 0 Å². The first kappa shape index (κ1) is 29.8. The van der Waals surface area contributed by atoms with Gasteiger partial charge in [0, 0.05) is 12.4 Å². The topological polar surface area (TPSA) is 78.2 Å². The quantitative estimate of drug-likeness (QED) is 0.284. The third kappa shape index (κ3) is 17.7. The van der Waals surface area contributed by atoms with Gasteiger partial charge in [-0.05, 0) is 19.8 Å². The van der Waals surface area contributed by atoms with Crippen LogP contribution in [0.1, 0.15) is 79.5 Å². The SMILES string of the molecule is CCCCCCCCCCCC(C)(O)n1ccnc1.C[N+](C)(C)CC(=O)[O-].[H-].[Na+]. The fourth-order valence-electron chi connectivity index (χ4n) is 2.83. The molecule has 0 saturated carbocycles. The molecule has 1 unspecified atom stereocenters. The predicted molar refractivity (Wildman–Crippen MR) is 109 cm³/mol. The van der Waals surface area contributed by atoms with E-state index in [1.54, 1.807) is 38.2 Å². The van der Waals surface area contributed by atoms with Gasteiger partial charge in [-0.1, -0.05) is 58.3 Å². The maximum absolute atomic E-state index is 10.3. The van der Waals surface area contributed by atoms with Crippen molar-refractivity contribution in [3.8, 4) is 0 Å². The first-order valence-electron chi connectivity index (χ1n) is 10.3. The van der Waals surface area contributed by atoms with Crippen LogP contribution >= 0.6 is 0 Å². The Bertz CT molecular complexity index is 492. The van der Waals surface area contributed by atoms with Gasteiger partial charge in [-0.25, -0.2) is 4.98 Å². The predicted octanol–water partition coefficient (Wildman–Crippen LogP) is 0.0280. The van der Waals surface area contributed by atoms with Crippen molar-refractivity contribution in [3.05, 3.63) is 18.7 Å². The van der Waals surface area contributed by atoms with E-state index in [1.165, 1.54) is 51.4 Å². The van der Waals surface area contributed by atoms with Crippen LogP contribution in [-0.2, 0) is 10.5 Å². The van der Waals surface area contributed by atoms with Gasteiger partial charge in [0.25, 0.3) is 0 Å². The van der Waals surface area contributed by atoms with Crippen LogP contribution in [0.5, 0.6) is 0 Å². The number of nitrogens with zero attached hydrogens (tertiary/aromatic N) is 3. The zero-order valence-electron chi connectivity index (χ0n) is 20.1. The van der Waals surface area contributed by atoms with Crippen LogP contribution in [0.15, 0.2) is 18.7 Å². The van der Waals surface area contributed by atoms with Gasteiger partial charge in [-0.3, -0.25) is 0 Å². The minimum atomic E-state index is -1.00. The van der Waals surface area contributed by atoms with Crippen LogP contribution in [0.3, 0.4) is 0 Å². The third-order valence-corrected chi connectivity index (χ3v) is 4.42. The molecule has 0 aliphatic heterocycles. The molecule has 0 fully saturated rings. The van der Waals surface area contributed by atoms with Gasteiger partial charge in [0.15, 0.2) is 0 Å². The molecule has 0 amide bonds. The Morgan fingerprint density at radius 1 is 1.11 bits per heavy atom. The normalized spacial score (nSPS) is 13.1. The molecule has 1 N–H and O–H groups in total. The van der Waals surface area contributed by atoms with Gasteiger partial charge in [0.2, 0.25) is 0 Å². The van der Waals surface area contributed by atoms with E-state index >= 15 is 0 Å². The summed E-state index contributed by atoms with van der Waals surface area (Å²) in [5.74, 6) is -1.00. The van der Waals surface area contributed by atoms with E-state index in [1.807, 2.05) is 13.1 Å². The van der Waals surface area contributed by atoms with Crippen LogP contribution in [0.2, 0.25) is 0 Å². The van der Waals surface area contributed by atoms with E-state index < -0.39 is 11.7 Å². The molecular weight excluding hydrogens is 365 g/mol. The molecular formula is C21H42N3NaO3. The molecule has 28 heavy (non-hydrogen) atoms. The molecule has 1 heterocycles. The van der Waals surface area contributed by atoms with E-state index in [0.29, 0.717) is 4.48 Å². The molecule has 6 nitrogen and oxygen atoms in total. The molecule has 1 rings (SSSR count). The van der Waals surface area contributed by atoms with Crippen molar-refractivity contribution < 1.29 is 50.5 Å². The summed E-state index contributed by atoms with van der Waals surface area (Å²) in [5, 5.41) is 20.2. The summed E-state index contributed by atoms with van der Waals surface area (Å²) >= 11 is 0. The number of quaternary nitrogens is 1. The van der Waals surface area contributed by atoms with Gasteiger partial charge in [0.1, 0.15) is 12.3 Å². The fourth-order valence-corrected chi connectivity index (χ4v) is 2.83. The number of likely N-dealkylation sites (N-methyl/N-ethyl adjacent to an activating group) is 1. The number of carbonyl (C=O) groups is 1. The summed E-state index contributed by atoms with van der Waals surface area (Å²) in [4.78, 5) is 13.9. The van der Waals surface area contributed by atoms with Crippen molar-refractivity contribution in [2.45, 2.75) is 83.8 Å². The standard InChI is InChI=1S/C16H30N2O.C5H11NO2.Na.H/c1-3-4-5-6-7-8-9-10-11-12-16(2,19)18-14-13-17-15-18;1-6(2,3)4-5(7)8;;/h13-15,19H,3-12H2,1-2H3;4H2,1-3H3;;/q;;+1;-1. The Morgan fingerprint density at radius 2 is 1.61 bits per heavy atom. The summed E-state index contributed by atoms with van der Waals surface area (Å²) in [6.07, 6.45) is 17.8. The molecule has 7 heteroatoms. The number of rotatable bonds is 13. The van der Waals surface area contributed by atoms with E-state index in [-0.39, 0.29) is 37.5 Å². The molecule has 0 spiro atoms. The number of aliphatic hydroxyl groups is 1. The molecule has 0 bridgehead atoms. The van der Waals surface area contributed by atoms with Gasteiger partial charge >= 0.3 is 29.6 Å². The van der Waals surface area contributed by atoms with Crippen molar-refractivity contribution in [3.63, 3.8) is 0 Å². The second-order valence-electron chi connectivity index (χ2n) is 8.59. The van der Waals surface area contributed by atoms with Gasteiger partial charge < -0.3 is 25.5 Å². The van der Waals surface area contributed by atoms with E-state index in [4.69, 9.17) is 0 Å². The Morgan fingerprint density at radius 3 is 1.96 bits per heavy atom. The van der Waals surface area contributed by atoms with Crippen LogP contribution in [0.4, 0.5) is 0 Å². The minimum absolute atomic E-state index is 0. The monoisotopic (exact) mass is 407 g/mol.